The molecule has 7 heteroatoms. The smallest absolute Gasteiger partial charge is 0.310 e. The molecule has 0 bridgehead atoms. The molecule has 0 aromatic carbocycles. The van der Waals surface area contributed by atoms with Crippen LogP contribution in [-0.2, 0) is 22.5 Å². The van der Waals surface area contributed by atoms with E-state index >= 15 is 0 Å². The van der Waals surface area contributed by atoms with Crippen LogP contribution in [0, 0.1) is 0 Å². The number of nitrogens with zero attached hydrogens (tertiary/aromatic N) is 1. The van der Waals surface area contributed by atoms with Crippen molar-refractivity contribution in [2.45, 2.75) is 19.4 Å². The average molecular weight is 265 g/mol. The topological polar surface area (TPSA) is 65.2 Å². The van der Waals surface area contributed by atoms with Crippen molar-refractivity contribution in [1.82, 2.24) is 4.98 Å². The Morgan fingerprint density at radius 3 is 2.76 bits per heavy atom. The second-order valence-corrected chi connectivity index (χ2v) is 3.60. The van der Waals surface area contributed by atoms with Gasteiger partial charge in [-0.25, -0.2) is 13.8 Å². The fourth-order valence-corrected chi connectivity index (χ4v) is 1.61. The van der Waals surface area contributed by atoms with Gasteiger partial charge in [-0.2, -0.15) is 0 Å². The van der Waals surface area contributed by atoms with E-state index in [1.54, 1.807) is 0 Å². The van der Waals surface area contributed by atoms with Gasteiger partial charge in [0, 0.05) is 12.1 Å². The van der Waals surface area contributed by atoms with Crippen molar-refractivity contribution in [2.75, 3.05) is 7.11 Å². The third kappa shape index (κ3) is 3.34. The Morgan fingerprint density at radius 2 is 2.29 bits per heavy atom. The summed E-state index contributed by atoms with van der Waals surface area (Å²) >= 11 is 5.60. The van der Waals surface area contributed by atoms with Crippen LogP contribution in [0.2, 0.25) is 5.15 Å². The van der Waals surface area contributed by atoms with Gasteiger partial charge in [0.2, 0.25) is 0 Å². The minimum atomic E-state index is -2.75. The summed E-state index contributed by atoms with van der Waals surface area (Å²) in [4.78, 5) is 15.0. The van der Waals surface area contributed by atoms with Gasteiger partial charge in [-0.15, -0.1) is 0 Å². The molecule has 0 fully saturated rings. The number of aromatic nitrogens is 1. The molecule has 0 amide bonds. The molecule has 0 aliphatic heterocycles. The lowest BCUT2D eigenvalue weighted by molar-refractivity contribution is -0.139. The van der Waals surface area contributed by atoms with Gasteiger partial charge in [0.05, 0.1) is 19.2 Å². The summed E-state index contributed by atoms with van der Waals surface area (Å²) in [6, 6.07) is 1.03. The minimum Gasteiger partial charge on any atom is -0.469 e. The Kier molecular flexibility index (Phi) is 4.77. The van der Waals surface area contributed by atoms with E-state index in [9.17, 15) is 13.6 Å². The molecule has 0 aliphatic rings. The number of halogens is 3. The van der Waals surface area contributed by atoms with Gasteiger partial charge in [-0.1, -0.05) is 11.6 Å². The van der Waals surface area contributed by atoms with Gasteiger partial charge < -0.3 is 10.5 Å². The third-order valence-electron chi connectivity index (χ3n) is 2.19. The average Bonchev–Trinajstić information content (AvgIpc) is 2.30. The fraction of sp³-hybridized carbons (Fsp3) is 0.400. The number of esters is 1. The van der Waals surface area contributed by atoms with E-state index in [1.807, 2.05) is 0 Å². The van der Waals surface area contributed by atoms with Gasteiger partial charge in [0.1, 0.15) is 5.15 Å². The van der Waals surface area contributed by atoms with Gasteiger partial charge in [0.25, 0.3) is 6.43 Å². The molecule has 0 saturated heterocycles. The van der Waals surface area contributed by atoms with Gasteiger partial charge in [0.15, 0.2) is 0 Å². The number of ether oxygens (including phenoxy) is 1. The maximum absolute atomic E-state index is 12.8. The molecule has 0 aliphatic carbocycles. The quantitative estimate of drug-likeness (QED) is 0.666. The van der Waals surface area contributed by atoms with Crippen LogP contribution < -0.4 is 5.73 Å². The normalized spacial score (nSPS) is 10.7. The van der Waals surface area contributed by atoms with E-state index in [2.05, 4.69) is 9.72 Å². The van der Waals surface area contributed by atoms with E-state index in [0.717, 1.165) is 6.07 Å². The van der Waals surface area contributed by atoms with E-state index in [0.29, 0.717) is 0 Å². The van der Waals surface area contributed by atoms with Crippen LogP contribution >= 0.6 is 11.6 Å². The molecule has 1 rings (SSSR count). The molecule has 0 radical (unpaired) electrons. The number of methoxy groups -OCH3 is 1. The summed E-state index contributed by atoms with van der Waals surface area (Å²) in [6.07, 6.45) is -3.05. The molecular weight excluding hydrogens is 254 g/mol. The molecule has 17 heavy (non-hydrogen) atoms. The SMILES string of the molecule is COC(=O)Cc1c(C(F)F)cc(Cl)nc1CN. The van der Waals surface area contributed by atoms with Gasteiger partial charge in [-0.3, -0.25) is 4.79 Å². The maximum atomic E-state index is 12.8. The molecule has 1 aromatic heterocycles. The first-order valence-electron chi connectivity index (χ1n) is 4.72. The van der Waals surface area contributed by atoms with Crippen molar-refractivity contribution >= 4 is 17.6 Å². The first-order valence-corrected chi connectivity index (χ1v) is 5.10. The second-order valence-electron chi connectivity index (χ2n) is 3.22. The summed E-state index contributed by atoms with van der Waals surface area (Å²) in [6.45, 7) is -0.0768. The lowest BCUT2D eigenvalue weighted by Gasteiger charge is -2.12. The highest BCUT2D eigenvalue weighted by Gasteiger charge is 2.20. The summed E-state index contributed by atoms with van der Waals surface area (Å²) in [5, 5.41) is -0.0747. The Labute approximate surface area is 102 Å². The number of carbonyl (C=O) groups is 1. The van der Waals surface area contributed by atoms with Crippen molar-refractivity contribution in [2.24, 2.45) is 5.73 Å². The lowest BCUT2D eigenvalue weighted by atomic mass is 10.0. The van der Waals surface area contributed by atoms with Crippen LogP contribution in [0.5, 0.6) is 0 Å². The first kappa shape index (κ1) is 13.8. The highest BCUT2D eigenvalue weighted by molar-refractivity contribution is 6.29. The number of hydrogen-bond donors (Lipinski definition) is 1. The molecule has 0 unspecified atom stereocenters. The molecule has 0 saturated carbocycles. The van der Waals surface area contributed by atoms with Crippen LogP contribution in [-0.4, -0.2) is 18.1 Å². The van der Waals surface area contributed by atoms with E-state index in [1.165, 1.54) is 7.11 Å². The highest BCUT2D eigenvalue weighted by atomic mass is 35.5. The molecular formula is C10H11ClF2N2O2. The highest BCUT2D eigenvalue weighted by Crippen LogP contribution is 2.27. The summed E-state index contributed by atoms with van der Waals surface area (Å²) in [5.41, 5.74) is 5.31. The maximum Gasteiger partial charge on any atom is 0.310 e. The van der Waals surface area contributed by atoms with Crippen LogP contribution in [0.25, 0.3) is 0 Å². The number of carbonyl (C=O) groups excluding carboxylic acids is 1. The fourth-order valence-electron chi connectivity index (χ4n) is 1.39. The van der Waals surface area contributed by atoms with Crippen LogP contribution in [0.15, 0.2) is 6.07 Å². The minimum absolute atomic E-state index is 0.0747. The molecule has 2 N–H and O–H groups in total. The Bertz CT molecular complexity index is 427. The zero-order chi connectivity index (χ0) is 13.0. The molecule has 1 heterocycles. The molecule has 4 nitrogen and oxygen atoms in total. The number of hydrogen-bond acceptors (Lipinski definition) is 4. The molecule has 1 aromatic rings. The third-order valence-corrected chi connectivity index (χ3v) is 2.38. The van der Waals surface area contributed by atoms with Crippen LogP contribution in [0.4, 0.5) is 8.78 Å². The van der Waals surface area contributed by atoms with Crippen LogP contribution in [0.3, 0.4) is 0 Å². The number of alkyl halides is 2. The van der Waals surface area contributed by atoms with Crippen LogP contribution in [0.1, 0.15) is 23.2 Å². The molecule has 94 valence electrons. The summed E-state index contributed by atoms with van der Waals surface area (Å²) < 4.78 is 30.0. The number of nitrogens with two attached hydrogens (primary N) is 1. The van der Waals surface area contributed by atoms with E-state index < -0.39 is 12.4 Å². The Morgan fingerprint density at radius 1 is 1.65 bits per heavy atom. The first-order chi connectivity index (χ1) is 7.99. The zero-order valence-electron chi connectivity index (χ0n) is 9.04. The second kappa shape index (κ2) is 5.88. The summed E-state index contributed by atoms with van der Waals surface area (Å²) in [5.74, 6) is -0.634. The van der Waals surface area contributed by atoms with Gasteiger partial charge >= 0.3 is 5.97 Å². The van der Waals surface area contributed by atoms with Gasteiger partial charge in [-0.05, 0) is 11.6 Å². The van der Waals surface area contributed by atoms with E-state index in [-0.39, 0.29) is 34.9 Å². The standard InChI is InChI=1S/C10H11ClF2N2O2/c1-17-9(16)3-5-6(10(12)13)2-8(11)15-7(5)4-14/h2,10H,3-4,14H2,1H3. The predicted octanol–water partition coefficient (Wildman–Crippen LogP) is 1.85. The Balaban J connectivity index is 3.26. The molecule has 0 spiro atoms. The monoisotopic (exact) mass is 264 g/mol. The Hall–Kier alpha value is -1.27. The van der Waals surface area contributed by atoms with Crippen molar-refractivity contribution in [3.8, 4) is 0 Å². The number of rotatable bonds is 4. The largest absolute Gasteiger partial charge is 0.469 e. The van der Waals surface area contributed by atoms with Crippen molar-refractivity contribution in [1.29, 1.82) is 0 Å². The summed E-state index contributed by atoms with van der Waals surface area (Å²) in [7, 11) is 1.18. The lowest BCUT2D eigenvalue weighted by Crippen LogP contribution is -2.14. The van der Waals surface area contributed by atoms with E-state index in [4.69, 9.17) is 17.3 Å². The van der Waals surface area contributed by atoms with Crippen molar-refractivity contribution in [3.05, 3.63) is 28.0 Å². The van der Waals surface area contributed by atoms with Crippen molar-refractivity contribution < 1.29 is 18.3 Å². The zero-order valence-corrected chi connectivity index (χ0v) is 9.80. The molecule has 0 atom stereocenters. The number of pyridine rings is 1. The van der Waals surface area contributed by atoms with Crippen molar-refractivity contribution in [3.63, 3.8) is 0 Å². The predicted molar refractivity (Wildman–Crippen MR) is 57.8 cm³/mol.